The van der Waals surface area contributed by atoms with Gasteiger partial charge in [-0.05, 0) is 62.0 Å². The maximum atomic E-state index is 6.31. The summed E-state index contributed by atoms with van der Waals surface area (Å²) >= 11 is 3.51. The van der Waals surface area contributed by atoms with Gasteiger partial charge in [0, 0.05) is 10.5 Å². The predicted octanol–water partition coefficient (Wildman–Crippen LogP) is 4.35. The first kappa shape index (κ1) is 16.0. The number of nitrogens with two attached hydrogens (primary N) is 1. The number of hydrogen-bond acceptors (Lipinski definition) is 2. The highest BCUT2D eigenvalue weighted by molar-refractivity contribution is 9.10. The Kier molecular flexibility index (Phi) is 5.65. The molecule has 0 radical (unpaired) electrons. The lowest BCUT2D eigenvalue weighted by atomic mass is 9.78. The molecule has 2 N–H and O–H groups in total. The molecular weight excluding hydrogens is 312 g/mol. The third kappa shape index (κ3) is 4.31. The van der Waals surface area contributed by atoms with E-state index in [4.69, 9.17) is 5.73 Å². The standard InChI is InChI=1S/C17H27BrN2/c1-3-17(2)8-11-20(12-9-17)10-7-16(19)14-5-4-6-15(18)13-14/h4-6,13,16H,3,7-12,19H2,1-2H3. The first-order valence-electron chi connectivity index (χ1n) is 7.76. The SMILES string of the molecule is CCC1(C)CCN(CCC(N)c2cccc(Br)c2)CC1. The average Bonchev–Trinajstić information content (AvgIpc) is 2.46. The number of hydrogen-bond donors (Lipinski definition) is 1. The molecule has 2 nitrogen and oxygen atoms in total. The van der Waals surface area contributed by atoms with Crippen LogP contribution in [0, 0.1) is 5.41 Å². The molecular formula is C17H27BrN2. The minimum atomic E-state index is 0.145. The summed E-state index contributed by atoms with van der Waals surface area (Å²) in [6.07, 6.45) is 5.00. The van der Waals surface area contributed by atoms with Crippen LogP contribution in [0.25, 0.3) is 0 Å². The summed E-state index contributed by atoms with van der Waals surface area (Å²) in [7, 11) is 0. The Morgan fingerprint density at radius 1 is 1.35 bits per heavy atom. The predicted molar refractivity (Wildman–Crippen MR) is 89.8 cm³/mol. The molecule has 0 saturated carbocycles. The molecule has 1 fully saturated rings. The van der Waals surface area contributed by atoms with Crippen LogP contribution in [0.3, 0.4) is 0 Å². The maximum absolute atomic E-state index is 6.31. The van der Waals surface area contributed by atoms with Gasteiger partial charge in [-0.1, -0.05) is 48.3 Å². The fourth-order valence-electron chi connectivity index (χ4n) is 2.90. The third-order valence-corrected chi connectivity index (χ3v) is 5.44. The van der Waals surface area contributed by atoms with Gasteiger partial charge in [-0.3, -0.25) is 0 Å². The first-order valence-corrected chi connectivity index (χ1v) is 8.55. The molecule has 112 valence electrons. The number of benzene rings is 1. The lowest BCUT2D eigenvalue weighted by Gasteiger charge is -2.39. The molecule has 0 amide bonds. The lowest BCUT2D eigenvalue weighted by molar-refractivity contribution is 0.112. The average molecular weight is 339 g/mol. The second kappa shape index (κ2) is 7.06. The molecule has 1 heterocycles. The molecule has 2 rings (SSSR count). The van der Waals surface area contributed by atoms with Crippen LogP contribution in [0.15, 0.2) is 28.7 Å². The van der Waals surface area contributed by atoms with E-state index < -0.39 is 0 Å². The van der Waals surface area contributed by atoms with Crippen molar-refractivity contribution >= 4 is 15.9 Å². The smallest absolute Gasteiger partial charge is 0.0307 e. The van der Waals surface area contributed by atoms with Crippen molar-refractivity contribution in [3.8, 4) is 0 Å². The second-order valence-corrected chi connectivity index (χ2v) is 7.37. The van der Waals surface area contributed by atoms with Gasteiger partial charge < -0.3 is 10.6 Å². The van der Waals surface area contributed by atoms with Crippen molar-refractivity contribution in [1.82, 2.24) is 4.90 Å². The Balaban J connectivity index is 1.79. The third-order valence-electron chi connectivity index (χ3n) is 4.95. The van der Waals surface area contributed by atoms with Crippen molar-refractivity contribution in [3.05, 3.63) is 34.3 Å². The van der Waals surface area contributed by atoms with Crippen molar-refractivity contribution in [1.29, 1.82) is 0 Å². The summed E-state index contributed by atoms with van der Waals surface area (Å²) in [6.45, 7) is 8.33. The Morgan fingerprint density at radius 2 is 2.05 bits per heavy atom. The van der Waals surface area contributed by atoms with Crippen LogP contribution >= 0.6 is 15.9 Å². The molecule has 1 aromatic rings. The zero-order valence-electron chi connectivity index (χ0n) is 12.7. The lowest BCUT2D eigenvalue weighted by Crippen LogP contribution is -2.39. The van der Waals surface area contributed by atoms with Crippen LogP contribution in [-0.4, -0.2) is 24.5 Å². The molecule has 0 bridgehead atoms. The first-order chi connectivity index (χ1) is 9.52. The largest absolute Gasteiger partial charge is 0.324 e. The molecule has 3 heteroatoms. The van der Waals surface area contributed by atoms with Gasteiger partial charge in [0.15, 0.2) is 0 Å². The van der Waals surface area contributed by atoms with E-state index in [2.05, 4.69) is 52.9 Å². The van der Waals surface area contributed by atoms with E-state index in [9.17, 15) is 0 Å². The highest BCUT2D eigenvalue weighted by atomic mass is 79.9. The van der Waals surface area contributed by atoms with Crippen LogP contribution in [0.1, 0.15) is 51.1 Å². The van der Waals surface area contributed by atoms with Crippen molar-refractivity contribution in [2.45, 2.75) is 45.6 Å². The molecule has 0 aromatic heterocycles. The fourth-order valence-corrected chi connectivity index (χ4v) is 3.31. The zero-order valence-corrected chi connectivity index (χ0v) is 14.3. The molecule has 0 spiro atoms. The Labute approximate surface area is 131 Å². The highest BCUT2D eigenvalue weighted by Crippen LogP contribution is 2.34. The Bertz CT molecular complexity index is 425. The van der Waals surface area contributed by atoms with E-state index in [1.165, 1.54) is 37.9 Å². The van der Waals surface area contributed by atoms with E-state index in [1.807, 2.05) is 6.07 Å². The summed E-state index contributed by atoms with van der Waals surface area (Å²) < 4.78 is 1.11. The van der Waals surface area contributed by atoms with Crippen LogP contribution in [0.5, 0.6) is 0 Å². The van der Waals surface area contributed by atoms with Crippen molar-refractivity contribution in [3.63, 3.8) is 0 Å². The van der Waals surface area contributed by atoms with Gasteiger partial charge in [-0.2, -0.15) is 0 Å². The second-order valence-electron chi connectivity index (χ2n) is 6.46. The molecule has 1 aliphatic heterocycles. The summed E-state index contributed by atoms with van der Waals surface area (Å²) in [5.41, 5.74) is 8.12. The summed E-state index contributed by atoms with van der Waals surface area (Å²) in [5, 5.41) is 0. The van der Waals surface area contributed by atoms with Crippen LogP contribution < -0.4 is 5.73 Å². The minimum Gasteiger partial charge on any atom is -0.324 e. The van der Waals surface area contributed by atoms with E-state index in [0.29, 0.717) is 5.41 Å². The molecule has 0 aliphatic carbocycles. The van der Waals surface area contributed by atoms with Gasteiger partial charge in [0.05, 0.1) is 0 Å². The maximum Gasteiger partial charge on any atom is 0.0307 e. The Morgan fingerprint density at radius 3 is 2.65 bits per heavy atom. The van der Waals surface area contributed by atoms with Crippen molar-refractivity contribution in [2.75, 3.05) is 19.6 Å². The summed E-state index contributed by atoms with van der Waals surface area (Å²) in [5.74, 6) is 0. The van der Waals surface area contributed by atoms with Crippen molar-refractivity contribution < 1.29 is 0 Å². The van der Waals surface area contributed by atoms with Gasteiger partial charge in [0.2, 0.25) is 0 Å². The number of halogens is 1. The molecule has 1 saturated heterocycles. The molecule has 1 unspecified atom stereocenters. The highest BCUT2D eigenvalue weighted by Gasteiger charge is 2.28. The van der Waals surface area contributed by atoms with Gasteiger partial charge in [-0.25, -0.2) is 0 Å². The summed E-state index contributed by atoms with van der Waals surface area (Å²) in [6, 6.07) is 8.51. The van der Waals surface area contributed by atoms with Crippen molar-refractivity contribution in [2.24, 2.45) is 11.1 Å². The van der Waals surface area contributed by atoms with Gasteiger partial charge in [0.1, 0.15) is 0 Å². The van der Waals surface area contributed by atoms with E-state index in [-0.39, 0.29) is 6.04 Å². The zero-order chi connectivity index (χ0) is 14.6. The normalized spacial score (nSPS) is 20.8. The van der Waals surface area contributed by atoms with Gasteiger partial charge in [-0.15, -0.1) is 0 Å². The molecule has 20 heavy (non-hydrogen) atoms. The number of rotatable bonds is 5. The summed E-state index contributed by atoms with van der Waals surface area (Å²) in [4.78, 5) is 2.58. The Hall–Kier alpha value is -0.380. The van der Waals surface area contributed by atoms with E-state index in [0.717, 1.165) is 17.4 Å². The number of nitrogens with zero attached hydrogens (tertiary/aromatic N) is 1. The number of piperidine rings is 1. The molecule has 1 aromatic carbocycles. The van der Waals surface area contributed by atoms with Gasteiger partial charge >= 0.3 is 0 Å². The molecule has 1 aliphatic rings. The monoisotopic (exact) mass is 338 g/mol. The van der Waals surface area contributed by atoms with E-state index >= 15 is 0 Å². The van der Waals surface area contributed by atoms with Crippen LogP contribution in [0.4, 0.5) is 0 Å². The topological polar surface area (TPSA) is 29.3 Å². The minimum absolute atomic E-state index is 0.145. The van der Waals surface area contributed by atoms with E-state index in [1.54, 1.807) is 0 Å². The van der Waals surface area contributed by atoms with Crippen LogP contribution in [0.2, 0.25) is 0 Å². The number of likely N-dealkylation sites (tertiary alicyclic amines) is 1. The van der Waals surface area contributed by atoms with Crippen LogP contribution in [-0.2, 0) is 0 Å². The quantitative estimate of drug-likeness (QED) is 0.864. The van der Waals surface area contributed by atoms with Gasteiger partial charge in [0.25, 0.3) is 0 Å². The molecule has 1 atom stereocenters. The fraction of sp³-hybridized carbons (Fsp3) is 0.647.